The van der Waals surface area contributed by atoms with Crippen LogP contribution in [0.1, 0.15) is 28.9 Å². The second-order valence-electron chi connectivity index (χ2n) is 10.00. The summed E-state index contributed by atoms with van der Waals surface area (Å²) in [6, 6.07) is 7.35. The molecule has 0 amide bonds. The molecule has 6 heterocycles. The molecule has 0 spiro atoms. The minimum absolute atomic E-state index is 0.193. The second kappa shape index (κ2) is 9.07. The van der Waals surface area contributed by atoms with Crippen LogP contribution in [-0.4, -0.2) is 40.0 Å². The van der Waals surface area contributed by atoms with Gasteiger partial charge >= 0.3 is 0 Å². The average molecular weight is 526 g/mol. The van der Waals surface area contributed by atoms with E-state index in [-0.39, 0.29) is 17.7 Å². The topological polar surface area (TPSA) is 121 Å². The Morgan fingerprint density at radius 2 is 2.03 bits per heavy atom. The van der Waals surface area contributed by atoms with Crippen LogP contribution in [0, 0.1) is 0 Å². The maximum absolute atomic E-state index is 13.5. The summed E-state index contributed by atoms with van der Waals surface area (Å²) in [4.78, 5) is 31.0. The summed E-state index contributed by atoms with van der Waals surface area (Å²) in [5.41, 5.74) is 5.72. The molecule has 2 N–H and O–H groups in total. The Balaban J connectivity index is 1.32. The van der Waals surface area contributed by atoms with E-state index >= 15 is 0 Å². The van der Waals surface area contributed by atoms with E-state index in [9.17, 15) is 14.7 Å². The molecular weight excluding hydrogens is 498 g/mol. The average Bonchev–Trinajstić information content (AvgIpc) is 3.66. The molecule has 39 heavy (non-hydrogen) atoms. The van der Waals surface area contributed by atoms with Crippen molar-refractivity contribution >= 4 is 17.0 Å². The molecule has 5 aromatic heterocycles. The molecule has 1 aliphatic heterocycles. The molecule has 5 aromatic rings. The van der Waals surface area contributed by atoms with Gasteiger partial charge in [0, 0.05) is 54.7 Å². The first-order valence-corrected chi connectivity index (χ1v) is 13.0. The van der Waals surface area contributed by atoms with Crippen molar-refractivity contribution < 1.29 is 9.84 Å². The van der Waals surface area contributed by atoms with Gasteiger partial charge in [-0.1, -0.05) is 0 Å². The number of nitrogens with one attached hydrogen (secondary N) is 1. The van der Waals surface area contributed by atoms with Crippen molar-refractivity contribution in [3.63, 3.8) is 0 Å². The molecule has 0 saturated heterocycles. The minimum atomic E-state index is -0.340. The van der Waals surface area contributed by atoms with Crippen molar-refractivity contribution in [2.45, 2.75) is 39.0 Å². The van der Waals surface area contributed by atoms with Crippen molar-refractivity contribution in [3.8, 4) is 16.9 Å². The molecular formula is C28H27N7O4. The Morgan fingerprint density at radius 3 is 2.87 bits per heavy atom. The first-order valence-electron chi connectivity index (χ1n) is 13.0. The number of aliphatic hydroxyl groups is 1. The van der Waals surface area contributed by atoms with E-state index in [2.05, 4.69) is 15.4 Å². The van der Waals surface area contributed by atoms with Crippen LogP contribution in [-0.2, 0) is 44.4 Å². The fourth-order valence-corrected chi connectivity index (χ4v) is 5.74. The third-order valence-corrected chi connectivity index (χ3v) is 7.63. The maximum Gasteiger partial charge on any atom is 0.280 e. The first-order chi connectivity index (χ1) is 19.0. The fourth-order valence-electron chi connectivity index (χ4n) is 5.74. The highest BCUT2D eigenvalue weighted by Gasteiger charge is 2.21. The second-order valence-corrected chi connectivity index (χ2v) is 10.00. The van der Waals surface area contributed by atoms with Gasteiger partial charge in [0.1, 0.15) is 17.0 Å². The van der Waals surface area contributed by atoms with Gasteiger partial charge in [0.15, 0.2) is 5.82 Å². The predicted molar refractivity (Wildman–Crippen MR) is 145 cm³/mol. The number of hydrogen-bond acceptors (Lipinski definition) is 7. The number of hydrogen-bond donors (Lipinski definition) is 2. The van der Waals surface area contributed by atoms with E-state index in [0.717, 1.165) is 25.0 Å². The largest absolute Gasteiger partial charge is 0.392 e. The monoisotopic (exact) mass is 525 g/mol. The number of aliphatic hydroxyl groups excluding tert-OH is 1. The van der Waals surface area contributed by atoms with Gasteiger partial charge in [0.25, 0.3) is 11.1 Å². The van der Waals surface area contributed by atoms with E-state index < -0.39 is 0 Å². The third kappa shape index (κ3) is 3.81. The molecule has 0 unspecified atom stereocenters. The Labute approximate surface area is 222 Å². The zero-order valence-electron chi connectivity index (χ0n) is 21.4. The summed E-state index contributed by atoms with van der Waals surface area (Å²) in [6.07, 6.45) is 9.95. The number of nitrogens with zero attached hydrogens (tertiary/aromatic N) is 6. The normalized spacial score (nSPS) is 14.5. The predicted octanol–water partition coefficient (Wildman–Crippen LogP) is 2.30. The molecule has 0 radical (unpaired) electrons. The highest BCUT2D eigenvalue weighted by atomic mass is 16.5. The van der Waals surface area contributed by atoms with E-state index in [1.807, 2.05) is 27.4 Å². The molecule has 1 aliphatic carbocycles. The standard InChI is InChI=1S/C28H27N7O4/c1-32-14-18(11-22(27(32)37)30-25-13-19-16-39-10-9-35(19)31-25)20-5-6-29-26(21(20)15-36)34-8-7-33-23-4-2-3-17(23)12-24(33)28(34)38/h5-8,11-14,36H,2-4,9-10,15-16H2,1H3,(H,30,31). The summed E-state index contributed by atoms with van der Waals surface area (Å²) < 4.78 is 12.3. The lowest BCUT2D eigenvalue weighted by Crippen LogP contribution is -2.22. The molecule has 0 saturated carbocycles. The summed E-state index contributed by atoms with van der Waals surface area (Å²) >= 11 is 0. The number of ether oxygens (including phenoxy) is 1. The molecule has 0 atom stereocenters. The van der Waals surface area contributed by atoms with E-state index in [1.54, 1.807) is 37.8 Å². The van der Waals surface area contributed by atoms with Gasteiger partial charge < -0.3 is 24.1 Å². The highest BCUT2D eigenvalue weighted by Crippen LogP contribution is 2.29. The molecule has 198 valence electrons. The Kier molecular flexibility index (Phi) is 5.49. The molecule has 11 heteroatoms. The lowest BCUT2D eigenvalue weighted by molar-refractivity contribution is 0.0801. The van der Waals surface area contributed by atoms with Crippen molar-refractivity contribution in [1.82, 2.24) is 28.3 Å². The lowest BCUT2D eigenvalue weighted by atomic mass is 10.0. The number of rotatable bonds is 5. The van der Waals surface area contributed by atoms with Gasteiger partial charge in [-0.15, -0.1) is 0 Å². The maximum atomic E-state index is 13.5. The van der Waals surface area contributed by atoms with Gasteiger partial charge in [0.2, 0.25) is 0 Å². The number of pyridine rings is 2. The molecule has 0 aromatic carbocycles. The number of aryl methyl sites for hydroxylation is 3. The van der Waals surface area contributed by atoms with Crippen LogP contribution in [0.15, 0.2) is 58.6 Å². The van der Waals surface area contributed by atoms with Gasteiger partial charge in [-0.3, -0.25) is 18.8 Å². The molecule has 11 nitrogen and oxygen atoms in total. The van der Waals surface area contributed by atoms with Crippen molar-refractivity contribution in [3.05, 3.63) is 92.3 Å². The Morgan fingerprint density at radius 1 is 1.13 bits per heavy atom. The minimum Gasteiger partial charge on any atom is -0.392 e. The zero-order valence-corrected chi connectivity index (χ0v) is 21.4. The van der Waals surface area contributed by atoms with Crippen LogP contribution in [0.3, 0.4) is 0 Å². The molecule has 7 rings (SSSR count). The zero-order chi connectivity index (χ0) is 26.7. The van der Waals surface area contributed by atoms with Crippen molar-refractivity contribution in [1.29, 1.82) is 0 Å². The van der Waals surface area contributed by atoms with Crippen molar-refractivity contribution in [2.75, 3.05) is 11.9 Å². The van der Waals surface area contributed by atoms with Crippen LogP contribution in [0.2, 0.25) is 0 Å². The number of aromatic nitrogens is 6. The van der Waals surface area contributed by atoms with Crippen LogP contribution < -0.4 is 16.4 Å². The highest BCUT2D eigenvalue weighted by molar-refractivity contribution is 5.73. The van der Waals surface area contributed by atoms with Gasteiger partial charge in [0.05, 0.1) is 32.1 Å². The number of anilines is 2. The van der Waals surface area contributed by atoms with E-state index in [4.69, 9.17) is 4.74 Å². The summed E-state index contributed by atoms with van der Waals surface area (Å²) in [5, 5.41) is 18.2. The van der Waals surface area contributed by atoms with E-state index in [0.29, 0.717) is 59.3 Å². The quantitative estimate of drug-likeness (QED) is 0.361. The summed E-state index contributed by atoms with van der Waals surface area (Å²) in [5.74, 6) is 0.912. The van der Waals surface area contributed by atoms with Crippen LogP contribution in [0.5, 0.6) is 0 Å². The fraction of sp³-hybridized carbons (Fsp3) is 0.286. The molecule has 0 bridgehead atoms. The lowest BCUT2D eigenvalue weighted by Gasteiger charge is -2.16. The van der Waals surface area contributed by atoms with Crippen LogP contribution in [0.4, 0.5) is 11.5 Å². The van der Waals surface area contributed by atoms with E-state index in [1.165, 1.54) is 20.4 Å². The molecule has 0 fully saturated rings. The Hall–Kier alpha value is -4.48. The van der Waals surface area contributed by atoms with Crippen molar-refractivity contribution in [2.24, 2.45) is 7.05 Å². The summed E-state index contributed by atoms with van der Waals surface area (Å²) in [7, 11) is 1.67. The SMILES string of the molecule is Cn1cc(-c2ccnc(-n3ccn4c5c(cc4c3=O)CCC5)c2CO)cc(Nc2cc3n(n2)CCOC3)c1=O. The molecule has 2 aliphatic rings. The van der Waals surface area contributed by atoms with Crippen LogP contribution >= 0.6 is 0 Å². The van der Waals surface area contributed by atoms with Crippen LogP contribution in [0.25, 0.3) is 22.5 Å². The number of fused-ring (bicyclic) bond motifs is 4. The van der Waals surface area contributed by atoms with Gasteiger partial charge in [-0.2, -0.15) is 5.10 Å². The third-order valence-electron chi connectivity index (χ3n) is 7.63. The Bertz CT molecular complexity index is 1850. The van der Waals surface area contributed by atoms with Gasteiger partial charge in [-0.05, 0) is 48.6 Å². The summed E-state index contributed by atoms with van der Waals surface area (Å²) in [6.45, 7) is 1.39. The first kappa shape index (κ1) is 23.6. The smallest absolute Gasteiger partial charge is 0.280 e. The van der Waals surface area contributed by atoms with Gasteiger partial charge in [-0.25, -0.2) is 4.98 Å².